The predicted molar refractivity (Wildman–Crippen MR) is 44.7 cm³/mol. The van der Waals surface area contributed by atoms with Gasteiger partial charge < -0.3 is 49.3 Å². The molecular weight excluding hydrogens is 500 g/mol. The first-order valence-corrected chi connectivity index (χ1v) is 6.79. The average molecular weight is 507 g/mol. The van der Waals surface area contributed by atoms with Gasteiger partial charge in [-0.3, -0.25) is 4.79 Å². The fourth-order valence-electron chi connectivity index (χ4n) is 0.0781. The predicted octanol–water partition coefficient (Wildman–Crippen LogP) is -6.33. The fourth-order valence-corrected chi connectivity index (χ4v) is 0.234. The molecule has 0 bridgehead atoms. The van der Waals surface area contributed by atoms with Gasteiger partial charge in [-0.1, -0.05) is 0 Å². The first-order chi connectivity index (χ1) is 7.18. The van der Waals surface area contributed by atoms with Gasteiger partial charge in [-0.25, -0.2) is 0 Å². The van der Waals surface area contributed by atoms with Crippen LogP contribution in [0.4, 0.5) is 0 Å². The Morgan fingerprint density at radius 1 is 1.00 bits per heavy atom. The molecule has 0 saturated heterocycles. The molecule has 20 heavy (non-hydrogen) atoms. The summed E-state index contributed by atoms with van der Waals surface area (Å²) < 4.78 is 17.1. The molecule has 11 nitrogen and oxygen atoms in total. The standard InChI is InChI=1S/C3H7NO2S.2H3O4P.3Zn/c4-2(1-7)3(5)6;2*1-5(2,3)4;;;/h2,7H,1,4H2,(H,5,6);2*(H3,1,2,3,4);;;/q;;;3*+2/p-6/t2-;;;;;/m0...../s1. The third-order valence-corrected chi connectivity index (χ3v) is 0.907. The zero-order chi connectivity index (χ0) is 14.9. The first kappa shape index (κ1) is 37.8. The van der Waals surface area contributed by atoms with E-state index in [2.05, 4.69) is 12.6 Å². The minimum absolute atomic E-state index is 0. The molecule has 3 N–H and O–H groups in total. The van der Waals surface area contributed by atoms with E-state index in [4.69, 9.17) is 49.3 Å². The van der Waals surface area contributed by atoms with Crippen LogP contribution in [0.2, 0.25) is 0 Å². The van der Waals surface area contributed by atoms with Crippen molar-refractivity contribution in [3.8, 4) is 0 Å². The molecule has 0 radical (unpaired) electrons. The summed E-state index contributed by atoms with van der Waals surface area (Å²) in [6.07, 6.45) is 0. The molecule has 0 aromatic heterocycles. The normalized spacial score (nSPS) is 10.6. The fraction of sp³-hybridized carbons (Fsp3) is 0.667. The van der Waals surface area contributed by atoms with E-state index >= 15 is 0 Å². The molecule has 0 amide bonds. The van der Waals surface area contributed by atoms with Gasteiger partial charge in [0.05, 0.1) is 0 Å². The summed E-state index contributed by atoms with van der Waals surface area (Å²) in [5.41, 5.74) is 4.94. The molecule has 0 aliphatic rings. The number of carboxylic acid groups (broad SMARTS) is 1. The number of thiol groups is 1. The van der Waals surface area contributed by atoms with Crippen molar-refractivity contribution in [3.63, 3.8) is 0 Å². The Labute approximate surface area is 157 Å². The van der Waals surface area contributed by atoms with Crippen LogP contribution < -0.4 is 35.1 Å². The molecule has 17 heteroatoms. The number of phosphoric acid groups is 2. The smallest absolute Gasteiger partial charge is 0.822 e. The van der Waals surface area contributed by atoms with Crippen LogP contribution in [-0.2, 0) is 72.4 Å². The van der Waals surface area contributed by atoms with Crippen LogP contribution in [0, 0.1) is 0 Å². The molecular formula is C3H7NO10P2SZn3. The molecule has 0 spiro atoms. The van der Waals surface area contributed by atoms with Gasteiger partial charge in [0.2, 0.25) is 0 Å². The van der Waals surface area contributed by atoms with Gasteiger partial charge in [-0.15, -0.1) is 0 Å². The van der Waals surface area contributed by atoms with Crippen molar-refractivity contribution in [2.45, 2.75) is 6.04 Å². The van der Waals surface area contributed by atoms with Crippen LogP contribution in [0.3, 0.4) is 0 Å². The number of aliphatic carboxylic acids is 1. The van der Waals surface area contributed by atoms with Gasteiger partial charge in [0.1, 0.15) is 6.04 Å². The maximum Gasteiger partial charge on any atom is 2.00 e. The maximum absolute atomic E-state index is 9.76. The summed E-state index contributed by atoms with van der Waals surface area (Å²) >= 11 is 3.65. The molecule has 0 aliphatic heterocycles. The van der Waals surface area contributed by atoms with Crippen LogP contribution in [0.15, 0.2) is 0 Å². The van der Waals surface area contributed by atoms with Crippen LogP contribution >= 0.6 is 28.3 Å². The molecule has 0 rings (SSSR count). The van der Waals surface area contributed by atoms with Crippen molar-refractivity contribution in [3.05, 3.63) is 0 Å². The average Bonchev–Trinajstić information content (AvgIpc) is 1.96. The van der Waals surface area contributed by atoms with Gasteiger partial charge in [0.25, 0.3) is 0 Å². The third-order valence-electron chi connectivity index (χ3n) is 0.514. The largest absolute Gasteiger partial charge is 2.00 e. The van der Waals surface area contributed by atoms with Crippen molar-refractivity contribution in [2.75, 3.05) is 5.75 Å². The van der Waals surface area contributed by atoms with Crippen molar-refractivity contribution in [2.24, 2.45) is 5.73 Å². The van der Waals surface area contributed by atoms with Crippen LogP contribution in [-0.4, -0.2) is 22.9 Å². The van der Waals surface area contributed by atoms with Gasteiger partial charge in [-0.05, 0) is 0 Å². The van der Waals surface area contributed by atoms with E-state index in [1.807, 2.05) is 0 Å². The molecule has 0 saturated carbocycles. The maximum atomic E-state index is 9.76. The number of nitrogens with two attached hydrogens (primary N) is 1. The van der Waals surface area contributed by atoms with Crippen LogP contribution in [0.5, 0.6) is 0 Å². The number of hydrogen-bond donors (Lipinski definition) is 3. The molecule has 0 heterocycles. The Balaban J connectivity index is -0.0000000348. The summed E-state index contributed by atoms with van der Waals surface area (Å²) in [7, 11) is -10.8. The summed E-state index contributed by atoms with van der Waals surface area (Å²) in [5.74, 6) is -0.815. The molecule has 1 atom stereocenters. The monoisotopic (exact) mass is 503 g/mol. The summed E-state index contributed by atoms with van der Waals surface area (Å²) in [4.78, 5) is 61.0. The summed E-state index contributed by atoms with van der Waals surface area (Å²) in [6, 6.07) is -0.816. The van der Waals surface area contributed by atoms with Crippen molar-refractivity contribution in [1.29, 1.82) is 0 Å². The van der Waals surface area contributed by atoms with E-state index in [0.717, 1.165) is 0 Å². The molecule has 106 valence electrons. The van der Waals surface area contributed by atoms with Crippen LogP contribution in [0.1, 0.15) is 0 Å². The van der Waals surface area contributed by atoms with Gasteiger partial charge in [0.15, 0.2) is 0 Å². The molecule has 0 aromatic rings. The number of carboxylic acids is 1. The second-order valence-electron chi connectivity index (χ2n) is 2.02. The van der Waals surface area contributed by atoms with E-state index in [1.54, 1.807) is 0 Å². The zero-order valence-electron chi connectivity index (χ0n) is 9.95. The number of rotatable bonds is 2. The number of hydrogen-bond acceptors (Lipinski definition) is 11. The summed E-state index contributed by atoms with van der Waals surface area (Å²) in [5, 5.41) is 8.01. The first-order valence-electron chi connectivity index (χ1n) is 3.23. The van der Waals surface area contributed by atoms with Gasteiger partial charge in [-0.2, -0.15) is 28.3 Å². The van der Waals surface area contributed by atoms with Gasteiger partial charge in [0, 0.05) is 5.75 Å². The van der Waals surface area contributed by atoms with Crippen molar-refractivity contribution >= 4 is 34.2 Å². The quantitative estimate of drug-likeness (QED) is 0.180. The Hall–Kier alpha value is 1.87. The Morgan fingerprint density at radius 2 is 1.15 bits per heavy atom. The topological polar surface area (TPSA) is 236 Å². The second-order valence-corrected chi connectivity index (χ2v) is 4.18. The second kappa shape index (κ2) is 18.9. The van der Waals surface area contributed by atoms with Crippen molar-refractivity contribution < 1.29 is 107 Å². The molecule has 0 aromatic carbocycles. The van der Waals surface area contributed by atoms with E-state index in [0.29, 0.717) is 0 Å². The van der Waals surface area contributed by atoms with Crippen LogP contribution in [0.25, 0.3) is 0 Å². The molecule has 0 fully saturated rings. The number of carbonyl (C=O) groups is 1. The Bertz CT molecular complexity index is 272. The van der Waals surface area contributed by atoms with E-state index in [1.165, 1.54) is 0 Å². The van der Waals surface area contributed by atoms with Gasteiger partial charge >= 0.3 is 64.4 Å². The van der Waals surface area contributed by atoms with E-state index < -0.39 is 27.7 Å². The Kier molecular flexibility index (Phi) is 35.8. The minimum Gasteiger partial charge on any atom is -0.822 e. The SMILES string of the molecule is N[C@@H](CS)C(=O)O.O=P([O-])([O-])[O-].O=P([O-])([O-])[O-].[Zn+2].[Zn+2].[Zn+2]. The molecule has 0 aliphatic carbocycles. The van der Waals surface area contributed by atoms with E-state index in [9.17, 15) is 4.79 Å². The minimum atomic E-state index is -5.39. The zero-order valence-corrected chi connectivity index (χ0v) is 21.5. The molecule has 0 unspecified atom stereocenters. The van der Waals surface area contributed by atoms with E-state index in [-0.39, 0.29) is 64.2 Å². The summed E-state index contributed by atoms with van der Waals surface area (Å²) in [6.45, 7) is 0. The third kappa shape index (κ3) is 114. The van der Waals surface area contributed by atoms with Crippen molar-refractivity contribution in [1.82, 2.24) is 0 Å². The Morgan fingerprint density at radius 3 is 1.15 bits per heavy atom.